The molecule has 0 spiro atoms. The van der Waals surface area contributed by atoms with E-state index < -0.39 is 0 Å². The number of phenolic OH excluding ortho intramolecular Hbond substituents is 1. The monoisotopic (exact) mass is 264 g/mol. The zero-order valence-electron chi connectivity index (χ0n) is 12.8. The molecule has 0 unspecified atom stereocenters. The van der Waals surface area contributed by atoms with Crippen LogP contribution in [0.4, 0.5) is 0 Å². The second kappa shape index (κ2) is 8.18. The van der Waals surface area contributed by atoms with E-state index in [-0.39, 0.29) is 0 Å². The van der Waals surface area contributed by atoms with Crippen molar-refractivity contribution in [2.45, 2.75) is 40.8 Å². The topological polar surface area (TPSA) is 26.7 Å². The van der Waals surface area contributed by atoms with Gasteiger partial charge in [-0.3, -0.25) is 9.80 Å². The molecule has 1 N–H and O–H groups in total. The van der Waals surface area contributed by atoms with Crippen molar-refractivity contribution >= 4 is 0 Å². The van der Waals surface area contributed by atoms with Crippen LogP contribution in [0.2, 0.25) is 0 Å². The summed E-state index contributed by atoms with van der Waals surface area (Å²) in [5.41, 5.74) is 2.07. The maximum atomic E-state index is 10.4. The Kier molecular flexibility index (Phi) is 6.89. The van der Waals surface area contributed by atoms with Gasteiger partial charge in [0.15, 0.2) is 0 Å². The first-order valence-corrected chi connectivity index (χ1v) is 7.40. The molecule has 108 valence electrons. The van der Waals surface area contributed by atoms with Crippen LogP contribution in [0.5, 0.6) is 5.75 Å². The molecule has 0 aliphatic rings. The third-order valence-corrected chi connectivity index (χ3v) is 3.78. The number of hydrogen-bond donors (Lipinski definition) is 1. The number of nitrogens with zero attached hydrogens (tertiary/aromatic N) is 2. The summed E-state index contributed by atoms with van der Waals surface area (Å²) >= 11 is 0. The number of hydrogen-bond acceptors (Lipinski definition) is 3. The lowest BCUT2D eigenvalue weighted by Gasteiger charge is -2.22. The van der Waals surface area contributed by atoms with Crippen molar-refractivity contribution in [3.8, 4) is 5.75 Å². The van der Waals surface area contributed by atoms with Crippen molar-refractivity contribution in [1.29, 1.82) is 0 Å². The highest BCUT2D eigenvalue weighted by Gasteiger charge is 2.11. The molecule has 0 heterocycles. The average molecular weight is 264 g/mol. The van der Waals surface area contributed by atoms with Crippen molar-refractivity contribution in [3.05, 3.63) is 29.3 Å². The van der Waals surface area contributed by atoms with Crippen LogP contribution in [0.25, 0.3) is 0 Å². The molecule has 0 saturated heterocycles. The molecular formula is C16H28N2O. The highest BCUT2D eigenvalue weighted by Crippen LogP contribution is 2.25. The standard InChI is InChI=1S/C16H28N2O/c1-5-17(6-2)12-14-10-9-11-15(16(14)19)13-18(7-3)8-4/h9-11,19H,5-8,12-13H2,1-4H3. The van der Waals surface area contributed by atoms with E-state index in [0.717, 1.165) is 50.4 Å². The number of benzene rings is 1. The number of para-hydroxylation sites is 1. The smallest absolute Gasteiger partial charge is 0.124 e. The van der Waals surface area contributed by atoms with Gasteiger partial charge in [-0.25, -0.2) is 0 Å². The fraction of sp³-hybridized carbons (Fsp3) is 0.625. The van der Waals surface area contributed by atoms with Gasteiger partial charge in [0.25, 0.3) is 0 Å². The molecule has 0 aliphatic heterocycles. The maximum absolute atomic E-state index is 10.4. The van der Waals surface area contributed by atoms with E-state index in [9.17, 15) is 5.11 Å². The van der Waals surface area contributed by atoms with Gasteiger partial charge in [-0.1, -0.05) is 45.9 Å². The molecule has 0 aromatic heterocycles. The average Bonchev–Trinajstić information content (AvgIpc) is 2.45. The fourth-order valence-corrected chi connectivity index (χ4v) is 2.28. The molecule has 0 atom stereocenters. The molecule has 3 heteroatoms. The Labute approximate surface area is 117 Å². The van der Waals surface area contributed by atoms with Gasteiger partial charge < -0.3 is 5.11 Å². The Balaban J connectivity index is 2.85. The summed E-state index contributed by atoms with van der Waals surface area (Å²) in [5.74, 6) is 0.473. The SMILES string of the molecule is CCN(CC)Cc1cccc(CN(CC)CC)c1O. The molecule has 3 nitrogen and oxygen atoms in total. The quantitative estimate of drug-likeness (QED) is 0.781. The van der Waals surface area contributed by atoms with Gasteiger partial charge >= 0.3 is 0 Å². The molecule has 0 radical (unpaired) electrons. The molecule has 19 heavy (non-hydrogen) atoms. The van der Waals surface area contributed by atoms with Crippen LogP contribution in [0, 0.1) is 0 Å². The van der Waals surface area contributed by atoms with Gasteiger partial charge in [-0.15, -0.1) is 0 Å². The van der Waals surface area contributed by atoms with Crippen LogP contribution < -0.4 is 0 Å². The van der Waals surface area contributed by atoms with Gasteiger partial charge in [0.05, 0.1) is 0 Å². The summed E-state index contributed by atoms with van der Waals surface area (Å²) in [4.78, 5) is 4.63. The predicted molar refractivity (Wildman–Crippen MR) is 81.4 cm³/mol. The van der Waals surface area contributed by atoms with E-state index in [1.807, 2.05) is 12.1 Å². The summed E-state index contributed by atoms with van der Waals surface area (Å²) in [6, 6.07) is 6.11. The molecule has 0 saturated carbocycles. The third-order valence-electron chi connectivity index (χ3n) is 3.78. The third kappa shape index (κ3) is 4.51. The largest absolute Gasteiger partial charge is 0.507 e. The van der Waals surface area contributed by atoms with E-state index in [0.29, 0.717) is 5.75 Å². The summed E-state index contributed by atoms with van der Waals surface area (Å²) in [5, 5.41) is 10.4. The van der Waals surface area contributed by atoms with Crippen LogP contribution in [-0.4, -0.2) is 41.1 Å². The normalized spacial score (nSPS) is 11.5. The predicted octanol–water partition coefficient (Wildman–Crippen LogP) is 3.08. The van der Waals surface area contributed by atoms with E-state index in [2.05, 4.69) is 43.6 Å². The van der Waals surface area contributed by atoms with Gasteiger partial charge in [0, 0.05) is 24.2 Å². The Hall–Kier alpha value is -1.06. The lowest BCUT2D eigenvalue weighted by atomic mass is 10.1. The van der Waals surface area contributed by atoms with Gasteiger partial charge in [0.1, 0.15) is 5.75 Å². The Morgan fingerprint density at radius 3 is 1.47 bits per heavy atom. The summed E-state index contributed by atoms with van der Waals surface area (Å²) in [6.45, 7) is 14.3. The molecule has 0 fully saturated rings. The highest BCUT2D eigenvalue weighted by molar-refractivity contribution is 5.40. The molecule has 1 aromatic carbocycles. The molecule has 1 aromatic rings. The Morgan fingerprint density at radius 1 is 0.789 bits per heavy atom. The Morgan fingerprint density at radius 2 is 1.16 bits per heavy atom. The zero-order chi connectivity index (χ0) is 14.3. The zero-order valence-corrected chi connectivity index (χ0v) is 12.8. The van der Waals surface area contributed by atoms with E-state index in [4.69, 9.17) is 0 Å². The lowest BCUT2D eigenvalue weighted by Crippen LogP contribution is -2.23. The van der Waals surface area contributed by atoms with Crippen molar-refractivity contribution in [3.63, 3.8) is 0 Å². The van der Waals surface area contributed by atoms with Crippen LogP contribution in [0.15, 0.2) is 18.2 Å². The first-order chi connectivity index (χ1) is 9.15. The second-order valence-corrected chi connectivity index (χ2v) is 4.85. The molecular weight excluding hydrogens is 236 g/mol. The first kappa shape index (κ1) is 16.0. The minimum atomic E-state index is 0.473. The molecule has 0 bridgehead atoms. The fourth-order valence-electron chi connectivity index (χ4n) is 2.28. The van der Waals surface area contributed by atoms with E-state index >= 15 is 0 Å². The number of aromatic hydroxyl groups is 1. The van der Waals surface area contributed by atoms with Crippen LogP contribution in [0.1, 0.15) is 38.8 Å². The van der Waals surface area contributed by atoms with Crippen molar-refractivity contribution in [2.24, 2.45) is 0 Å². The number of rotatable bonds is 8. The van der Waals surface area contributed by atoms with Gasteiger partial charge in [0.2, 0.25) is 0 Å². The highest BCUT2D eigenvalue weighted by atomic mass is 16.3. The maximum Gasteiger partial charge on any atom is 0.124 e. The van der Waals surface area contributed by atoms with Crippen LogP contribution in [-0.2, 0) is 13.1 Å². The summed E-state index contributed by atoms with van der Waals surface area (Å²) < 4.78 is 0. The second-order valence-electron chi connectivity index (χ2n) is 4.85. The van der Waals surface area contributed by atoms with Gasteiger partial charge in [-0.05, 0) is 26.2 Å². The Bertz CT molecular complexity index is 339. The summed E-state index contributed by atoms with van der Waals surface area (Å²) in [6.07, 6.45) is 0. The lowest BCUT2D eigenvalue weighted by molar-refractivity contribution is 0.281. The molecule has 0 aliphatic carbocycles. The van der Waals surface area contributed by atoms with Crippen molar-refractivity contribution < 1.29 is 5.11 Å². The van der Waals surface area contributed by atoms with Crippen LogP contribution in [0.3, 0.4) is 0 Å². The molecule has 1 rings (SSSR count). The minimum absolute atomic E-state index is 0.473. The number of phenols is 1. The minimum Gasteiger partial charge on any atom is -0.507 e. The molecule has 0 amide bonds. The van der Waals surface area contributed by atoms with Gasteiger partial charge in [-0.2, -0.15) is 0 Å². The van der Waals surface area contributed by atoms with Crippen molar-refractivity contribution in [1.82, 2.24) is 9.80 Å². The van der Waals surface area contributed by atoms with E-state index in [1.54, 1.807) is 0 Å². The van der Waals surface area contributed by atoms with Crippen LogP contribution >= 0.6 is 0 Å². The van der Waals surface area contributed by atoms with Crippen molar-refractivity contribution in [2.75, 3.05) is 26.2 Å². The summed E-state index contributed by atoms with van der Waals surface area (Å²) in [7, 11) is 0. The van der Waals surface area contributed by atoms with E-state index in [1.165, 1.54) is 0 Å². The first-order valence-electron chi connectivity index (χ1n) is 7.40.